The van der Waals surface area contributed by atoms with Gasteiger partial charge in [-0.3, -0.25) is 9.59 Å². The van der Waals surface area contributed by atoms with Gasteiger partial charge < -0.3 is 39.4 Å². The zero-order chi connectivity index (χ0) is 33.6. The number of rotatable bonds is 16. The van der Waals surface area contributed by atoms with Crippen molar-refractivity contribution in [2.75, 3.05) is 70.6 Å². The molecule has 0 bridgehead atoms. The van der Waals surface area contributed by atoms with Gasteiger partial charge in [-0.1, -0.05) is 47.3 Å². The first kappa shape index (κ1) is 39.6. The predicted molar refractivity (Wildman–Crippen MR) is 179 cm³/mol. The summed E-state index contributed by atoms with van der Waals surface area (Å²) in [7, 11) is 3.09. The Bertz CT molecular complexity index is 936. The van der Waals surface area contributed by atoms with Gasteiger partial charge in [0.25, 0.3) is 0 Å². The lowest BCUT2D eigenvalue weighted by molar-refractivity contribution is -0.149. The molecule has 2 unspecified atom stereocenters. The Labute approximate surface area is 281 Å². The molecular formula is C31H54N4O9S2. The standard InChI is InChI=1S/C31H54N4O9S2/c1-4-41-29(38)32-22-25-9-7-5-6-8-10-26(21-25)23-33-30(39)42-17-19-45-46-20-18-43-31(40)35-15-13-34(14-16-35)27(36)11-12-28(37)44-24(2)3/h24-26H,4-23H2,1-3H3,(H,32,38)(H,33,39). The molecule has 264 valence electrons. The van der Waals surface area contributed by atoms with Crippen molar-refractivity contribution in [2.45, 2.75) is 84.7 Å². The third kappa shape index (κ3) is 18.0. The molecular weight excluding hydrogens is 636 g/mol. The molecule has 1 aliphatic heterocycles. The Morgan fingerprint density at radius 2 is 1.28 bits per heavy atom. The van der Waals surface area contributed by atoms with Crippen molar-refractivity contribution in [1.82, 2.24) is 20.4 Å². The second kappa shape index (κ2) is 23.7. The van der Waals surface area contributed by atoms with E-state index in [0.717, 1.165) is 32.1 Å². The molecule has 4 amide bonds. The van der Waals surface area contributed by atoms with Crippen LogP contribution >= 0.6 is 21.6 Å². The normalized spacial score (nSPS) is 18.9. The molecule has 13 nitrogen and oxygen atoms in total. The molecule has 0 aromatic rings. The second-order valence-corrected chi connectivity index (χ2v) is 14.4. The largest absolute Gasteiger partial charge is 0.463 e. The Hall–Kier alpha value is -2.55. The number of hydrogen-bond acceptors (Lipinski definition) is 11. The van der Waals surface area contributed by atoms with Gasteiger partial charge >= 0.3 is 24.2 Å². The first-order chi connectivity index (χ1) is 22.2. The lowest BCUT2D eigenvalue weighted by Gasteiger charge is -2.34. The van der Waals surface area contributed by atoms with E-state index in [9.17, 15) is 24.0 Å². The molecule has 2 atom stereocenters. The number of alkyl carbamates (subject to hydrolysis) is 2. The van der Waals surface area contributed by atoms with Gasteiger partial charge in [-0.05, 0) is 51.9 Å². The summed E-state index contributed by atoms with van der Waals surface area (Å²) in [4.78, 5) is 63.6. The quantitative estimate of drug-likeness (QED) is 0.0992. The van der Waals surface area contributed by atoms with E-state index in [1.54, 1.807) is 52.2 Å². The van der Waals surface area contributed by atoms with Crippen molar-refractivity contribution < 1.29 is 42.9 Å². The molecule has 0 spiro atoms. The smallest absolute Gasteiger partial charge is 0.409 e. The van der Waals surface area contributed by atoms with Gasteiger partial charge in [-0.15, -0.1) is 0 Å². The molecule has 1 aliphatic carbocycles. The van der Waals surface area contributed by atoms with Crippen LogP contribution in [0, 0.1) is 11.8 Å². The molecule has 2 N–H and O–H groups in total. The molecule has 1 heterocycles. The van der Waals surface area contributed by atoms with Crippen molar-refractivity contribution in [3.8, 4) is 0 Å². The summed E-state index contributed by atoms with van der Waals surface area (Å²) in [6.45, 7) is 8.94. The van der Waals surface area contributed by atoms with Gasteiger partial charge in [0.15, 0.2) is 0 Å². The van der Waals surface area contributed by atoms with Gasteiger partial charge in [0, 0.05) is 57.2 Å². The van der Waals surface area contributed by atoms with E-state index in [0.29, 0.717) is 69.2 Å². The number of carbonyl (C=O) groups excluding carboxylic acids is 5. The highest BCUT2D eigenvalue weighted by Crippen LogP contribution is 2.26. The molecule has 0 aromatic carbocycles. The third-order valence-corrected chi connectivity index (χ3v) is 10.00. The summed E-state index contributed by atoms with van der Waals surface area (Å²) in [5.41, 5.74) is 0. The van der Waals surface area contributed by atoms with E-state index in [-0.39, 0.29) is 50.1 Å². The Morgan fingerprint density at radius 3 is 1.85 bits per heavy atom. The van der Waals surface area contributed by atoms with Crippen LogP contribution in [0.15, 0.2) is 0 Å². The topological polar surface area (TPSA) is 153 Å². The predicted octanol–water partition coefficient (Wildman–Crippen LogP) is 4.83. The zero-order valence-corrected chi connectivity index (χ0v) is 29.4. The average molecular weight is 691 g/mol. The SMILES string of the molecule is CCOC(=O)NCC1CCCCCCC(CNC(=O)OCCSSCCOC(=O)N2CCN(C(=O)CCC(=O)OC(C)C)CC2)C1. The van der Waals surface area contributed by atoms with Crippen LogP contribution in [0.3, 0.4) is 0 Å². The van der Waals surface area contributed by atoms with E-state index in [4.69, 9.17) is 18.9 Å². The van der Waals surface area contributed by atoms with Crippen molar-refractivity contribution >= 4 is 51.7 Å². The molecule has 2 fully saturated rings. The summed E-state index contributed by atoms with van der Waals surface area (Å²) in [6, 6.07) is 0. The van der Waals surface area contributed by atoms with Crippen LogP contribution < -0.4 is 10.6 Å². The minimum Gasteiger partial charge on any atom is -0.463 e. The first-order valence-corrected chi connectivity index (χ1v) is 19.1. The summed E-state index contributed by atoms with van der Waals surface area (Å²) >= 11 is 0. The number of carbonyl (C=O) groups is 5. The van der Waals surface area contributed by atoms with Crippen molar-refractivity contribution in [3.05, 3.63) is 0 Å². The zero-order valence-electron chi connectivity index (χ0n) is 27.8. The molecule has 2 rings (SSSR count). The molecule has 1 saturated carbocycles. The van der Waals surface area contributed by atoms with E-state index in [2.05, 4.69) is 10.6 Å². The van der Waals surface area contributed by atoms with Gasteiger partial charge in [-0.25, -0.2) is 14.4 Å². The Kier molecular flexibility index (Phi) is 20.4. The van der Waals surface area contributed by atoms with E-state index in [1.807, 2.05) is 0 Å². The number of esters is 1. The lowest BCUT2D eigenvalue weighted by atomic mass is 9.89. The van der Waals surface area contributed by atoms with Crippen molar-refractivity contribution in [2.24, 2.45) is 11.8 Å². The fourth-order valence-electron chi connectivity index (χ4n) is 5.35. The number of amides is 4. The third-order valence-electron chi connectivity index (χ3n) is 7.66. The van der Waals surface area contributed by atoms with Crippen molar-refractivity contribution in [3.63, 3.8) is 0 Å². The average Bonchev–Trinajstić information content (AvgIpc) is 3.14. The first-order valence-electron chi connectivity index (χ1n) is 16.6. The number of piperazine rings is 1. The van der Waals surface area contributed by atoms with Crippen LogP contribution in [0.1, 0.15) is 78.6 Å². The number of hydrogen-bond donors (Lipinski definition) is 2. The van der Waals surface area contributed by atoms with Gasteiger partial charge in [-0.2, -0.15) is 0 Å². The number of nitrogens with zero attached hydrogens (tertiary/aromatic N) is 2. The fourth-order valence-corrected chi connectivity index (χ4v) is 7.01. The Morgan fingerprint density at radius 1 is 0.739 bits per heavy atom. The highest BCUT2D eigenvalue weighted by atomic mass is 33.1. The maximum atomic E-state index is 12.4. The lowest BCUT2D eigenvalue weighted by Crippen LogP contribution is -2.50. The molecule has 15 heteroatoms. The summed E-state index contributed by atoms with van der Waals surface area (Å²) in [5.74, 6) is 1.40. The Balaban J connectivity index is 1.50. The van der Waals surface area contributed by atoms with Crippen LogP contribution in [-0.2, 0) is 28.5 Å². The van der Waals surface area contributed by atoms with Gasteiger partial charge in [0.1, 0.15) is 13.2 Å². The summed E-state index contributed by atoms with van der Waals surface area (Å²) in [6.07, 6.45) is 6.45. The monoisotopic (exact) mass is 690 g/mol. The van der Waals surface area contributed by atoms with E-state index < -0.39 is 12.2 Å². The van der Waals surface area contributed by atoms with Crippen LogP contribution in [0.4, 0.5) is 14.4 Å². The second-order valence-electron chi connectivity index (χ2n) is 11.7. The van der Waals surface area contributed by atoms with Gasteiger partial charge in [0.05, 0.1) is 19.1 Å². The van der Waals surface area contributed by atoms with E-state index in [1.165, 1.54) is 12.8 Å². The van der Waals surface area contributed by atoms with Crippen LogP contribution in [0.5, 0.6) is 0 Å². The summed E-state index contributed by atoms with van der Waals surface area (Å²) in [5, 5.41) is 5.78. The van der Waals surface area contributed by atoms with Crippen molar-refractivity contribution in [1.29, 1.82) is 0 Å². The minimum absolute atomic E-state index is 0.0508. The highest BCUT2D eigenvalue weighted by molar-refractivity contribution is 8.76. The number of nitrogens with one attached hydrogen (secondary N) is 2. The fraction of sp³-hybridized carbons (Fsp3) is 0.839. The maximum absolute atomic E-state index is 12.4. The molecule has 1 saturated heterocycles. The van der Waals surface area contributed by atoms with Crippen LogP contribution in [0.25, 0.3) is 0 Å². The summed E-state index contributed by atoms with van der Waals surface area (Å²) < 4.78 is 20.7. The molecule has 0 radical (unpaired) electrons. The van der Waals surface area contributed by atoms with E-state index >= 15 is 0 Å². The minimum atomic E-state index is -0.420. The molecule has 2 aliphatic rings. The van der Waals surface area contributed by atoms with Crippen LogP contribution in [0.2, 0.25) is 0 Å². The van der Waals surface area contributed by atoms with Crippen LogP contribution in [-0.4, -0.2) is 117 Å². The van der Waals surface area contributed by atoms with Gasteiger partial charge in [0.2, 0.25) is 5.91 Å². The highest BCUT2D eigenvalue weighted by Gasteiger charge is 2.25. The molecule has 0 aromatic heterocycles. The maximum Gasteiger partial charge on any atom is 0.409 e. The number of ether oxygens (including phenoxy) is 4. The molecule has 46 heavy (non-hydrogen) atoms.